The van der Waals surface area contributed by atoms with E-state index < -0.39 is 33.3 Å². The lowest BCUT2D eigenvalue weighted by molar-refractivity contribution is -0.385. The molecule has 24 heavy (non-hydrogen) atoms. The molecule has 0 aliphatic rings. The number of hydrogen-bond donors (Lipinski definition) is 1. The first-order chi connectivity index (χ1) is 11.2. The summed E-state index contributed by atoms with van der Waals surface area (Å²) in [4.78, 5) is 34.5. The second-order valence-corrected chi connectivity index (χ2v) is 5.58. The first-order valence-electron chi connectivity index (χ1n) is 6.43. The molecule has 0 fully saturated rings. The van der Waals surface area contributed by atoms with Crippen molar-refractivity contribution >= 4 is 33.2 Å². The number of nitrogens with one attached hydrogen (secondary N) is 1. The van der Waals surface area contributed by atoms with Crippen LogP contribution in [0.1, 0.15) is 10.4 Å². The zero-order valence-electron chi connectivity index (χ0n) is 12.5. The minimum atomic E-state index is -0.973. The number of halogens is 2. The molecule has 1 N–H and O–H groups in total. The number of nitrogens with zero attached hydrogens (tertiary/aromatic N) is 2. The van der Waals surface area contributed by atoms with Crippen LogP contribution in [-0.4, -0.2) is 22.5 Å². The number of anilines is 1. The third kappa shape index (κ3) is 3.43. The molecule has 2 rings (SSSR count). The number of amides is 1. The number of aromatic nitrogens is 1. The SMILES string of the molecule is COc1cc(C(=O)Nc2cn(C)cc(Br)c2=O)c([N+](=O)[O-])cc1F. The fourth-order valence-corrected chi connectivity index (χ4v) is 2.51. The van der Waals surface area contributed by atoms with Gasteiger partial charge in [-0.1, -0.05) is 0 Å². The van der Waals surface area contributed by atoms with Gasteiger partial charge >= 0.3 is 0 Å². The Hall–Kier alpha value is -2.75. The highest BCUT2D eigenvalue weighted by molar-refractivity contribution is 9.10. The smallest absolute Gasteiger partial charge is 0.285 e. The van der Waals surface area contributed by atoms with E-state index in [1.165, 1.54) is 17.0 Å². The van der Waals surface area contributed by atoms with Crippen molar-refractivity contribution in [2.45, 2.75) is 0 Å². The largest absolute Gasteiger partial charge is 0.494 e. The van der Waals surface area contributed by atoms with Crippen LogP contribution in [0.3, 0.4) is 0 Å². The first-order valence-corrected chi connectivity index (χ1v) is 7.23. The van der Waals surface area contributed by atoms with Gasteiger partial charge in [-0.05, 0) is 15.9 Å². The number of pyridine rings is 1. The number of carbonyl (C=O) groups is 1. The van der Waals surface area contributed by atoms with Crippen LogP contribution in [0.15, 0.2) is 33.8 Å². The minimum Gasteiger partial charge on any atom is -0.494 e. The average Bonchev–Trinajstić information content (AvgIpc) is 2.51. The van der Waals surface area contributed by atoms with Crippen LogP contribution in [0.5, 0.6) is 5.75 Å². The standard InChI is InChI=1S/C14H11BrFN3O5/c1-18-5-8(15)13(20)10(6-18)17-14(21)7-3-12(24-2)9(16)4-11(7)19(22)23/h3-6H,1-2H3,(H,17,21). The second kappa shape index (κ2) is 6.79. The first kappa shape index (κ1) is 17.6. The van der Waals surface area contributed by atoms with E-state index in [-0.39, 0.29) is 15.9 Å². The molecule has 0 bridgehead atoms. The fraction of sp³-hybridized carbons (Fsp3) is 0.143. The molecule has 2 aromatic rings. The highest BCUT2D eigenvalue weighted by Crippen LogP contribution is 2.28. The van der Waals surface area contributed by atoms with Gasteiger partial charge in [-0.3, -0.25) is 19.7 Å². The van der Waals surface area contributed by atoms with Crippen LogP contribution < -0.4 is 15.5 Å². The lowest BCUT2D eigenvalue weighted by Crippen LogP contribution is -2.21. The zero-order valence-corrected chi connectivity index (χ0v) is 14.1. The molecule has 0 unspecified atom stereocenters. The molecule has 1 aromatic carbocycles. The fourth-order valence-electron chi connectivity index (χ4n) is 1.98. The number of nitro benzene ring substituents is 1. The molecule has 0 saturated heterocycles. The number of nitro groups is 1. The molecule has 126 valence electrons. The van der Waals surface area contributed by atoms with Crippen LogP contribution in [0, 0.1) is 15.9 Å². The lowest BCUT2D eigenvalue weighted by atomic mass is 10.1. The Kier molecular flexibility index (Phi) is 4.98. The summed E-state index contributed by atoms with van der Waals surface area (Å²) < 4.78 is 20.1. The van der Waals surface area contributed by atoms with E-state index >= 15 is 0 Å². The third-order valence-electron chi connectivity index (χ3n) is 3.07. The summed E-state index contributed by atoms with van der Waals surface area (Å²) in [7, 11) is 2.79. The maximum atomic E-state index is 13.6. The van der Waals surface area contributed by atoms with Gasteiger partial charge in [-0.25, -0.2) is 4.39 Å². The zero-order chi connectivity index (χ0) is 18.0. The van der Waals surface area contributed by atoms with Crippen molar-refractivity contribution < 1.29 is 18.8 Å². The molecule has 10 heteroatoms. The van der Waals surface area contributed by atoms with Gasteiger partial charge in [0.2, 0.25) is 5.43 Å². The van der Waals surface area contributed by atoms with Crippen LogP contribution in [-0.2, 0) is 7.05 Å². The molecule has 0 spiro atoms. The van der Waals surface area contributed by atoms with Gasteiger partial charge in [0.25, 0.3) is 11.6 Å². The highest BCUT2D eigenvalue weighted by atomic mass is 79.9. The number of aryl methyl sites for hydroxylation is 1. The molecule has 1 aromatic heterocycles. The van der Waals surface area contributed by atoms with Gasteiger partial charge < -0.3 is 14.6 Å². The van der Waals surface area contributed by atoms with Crippen molar-refractivity contribution in [2.75, 3.05) is 12.4 Å². The van der Waals surface area contributed by atoms with E-state index in [0.29, 0.717) is 6.07 Å². The molecule has 0 aliphatic carbocycles. The van der Waals surface area contributed by atoms with Crippen molar-refractivity contribution in [3.05, 3.63) is 60.7 Å². The van der Waals surface area contributed by atoms with Crippen LogP contribution >= 0.6 is 15.9 Å². The topological polar surface area (TPSA) is 103 Å². The summed E-state index contributed by atoms with van der Waals surface area (Å²) >= 11 is 3.05. The predicted molar refractivity (Wildman–Crippen MR) is 86.9 cm³/mol. The summed E-state index contributed by atoms with van der Waals surface area (Å²) in [6.45, 7) is 0. The molecule has 1 heterocycles. The number of rotatable bonds is 4. The maximum absolute atomic E-state index is 13.6. The monoisotopic (exact) mass is 399 g/mol. The molecule has 0 atom stereocenters. The van der Waals surface area contributed by atoms with E-state index in [4.69, 9.17) is 4.74 Å². The van der Waals surface area contributed by atoms with Crippen molar-refractivity contribution in [2.24, 2.45) is 7.05 Å². The minimum absolute atomic E-state index is 0.0885. The summed E-state index contributed by atoms with van der Waals surface area (Å²) in [5.41, 5.74) is -1.76. The average molecular weight is 400 g/mol. The van der Waals surface area contributed by atoms with Gasteiger partial charge in [0, 0.05) is 25.5 Å². The summed E-state index contributed by atoms with van der Waals surface area (Å²) in [5.74, 6) is -2.23. The van der Waals surface area contributed by atoms with Crippen LogP contribution in [0.2, 0.25) is 0 Å². The highest BCUT2D eigenvalue weighted by Gasteiger charge is 2.25. The Morgan fingerprint density at radius 1 is 1.42 bits per heavy atom. The molecule has 0 aliphatic heterocycles. The molecule has 8 nitrogen and oxygen atoms in total. The van der Waals surface area contributed by atoms with Gasteiger partial charge in [0.15, 0.2) is 11.6 Å². The van der Waals surface area contributed by atoms with E-state index in [1.54, 1.807) is 7.05 Å². The Morgan fingerprint density at radius 2 is 2.08 bits per heavy atom. The number of methoxy groups -OCH3 is 1. The van der Waals surface area contributed by atoms with E-state index in [1.807, 2.05) is 0 Å². The summed E-state index contributed by atoms with van der Waals surface area (Å²) in [6, 6.07) is 1.50. The second-order valence-electron chi connectivity index (χ2n) is 4.73. The summed E-state index contributed by atoms with van der Waals surface area (Å²) in [5, 5.41) is 13.3. The van der Waals surface area contributed by atoms with Crippen molar-refractivity contribution in [3.8, 4) is 5.75 Å². The van der Waals surface area contributed by atoms with Crippen LogP contribution in [0.4, 0.5) is 15.8 Å². The molecular formula is C14H11BrFN3O5. The van der Waals surface area contributed by atoms with Crippen LogP contribution in [0.25, 0.3) is 0 Å². The predicted octanol–water partition coefficient (Wildman–Crippen LogP) is 2.46. The van der Waals surface area contributed by atoms with Crippen molar-refractivity contribution in [1.82, 2.24) is 4.57 Å². The molecular weight excluding hydrogens is 389 g/mol. The number of carbonyl (C=O) groups excluding carboxylic acids is 1. The van der Waals surface area contributed by atoms with E-state index in [2.05, 4.69) is 21.2 Å². The van der Waals surface area contributed by atoms with Gasteiger partial charge in [0.1, 0.15) is 11.3 Å². The van der Waals surface area contributed by atoms with Crippen molar-refractivity contribution in [1.29, 1.82) is 0 Å². The Morgan fingerprint density at radius 3 is 2.67 bits per heavy atom. The Balaban J connectivity index is 2.50. The number of benzene rings is 1. The molecule has 0 saturated carbocycles. The quantitative estimate of drug-likeness (QED) is 0.627. The lowest BCUT2D eigenvalue weighted by Gasteiger charge is -2.09. The van der Waals surface area contributed by atoms with Gasteiger partial charge in [-0.15, -0.1) is 0 Å². The molecule has 0 radical (unpaired) electrons. The van der Waals surface area contributed by atoms with Gasteiger partial charge in [0.05, 0.1) is 22.6 Å². The molecule has 1 amide bonds. The third-order valence-corrected chi connectivity index (χ3v) is 3.64. The number of hydrogen-bond acceptors (Lipinski definition) is 5. The van der Waals surface area contributed by atoms with E-state index in [9.17, 15) is 24.1 Å². The Bertz CT molecular complexity index is 897. The number of ether oxygens (including phenoxy) is 1. The van der Waals surface area contributed by atoms with Crippen molar-refractivity contribution in [3.63, 3.8) is 0 Å². The van der Waals surface area contributed by atoms with Gasteiger partial charge in [-0.2, -0.15) is 0 Å². The normalized spacial score (nSPS) is 10.3. The maximum Gasteiger partial charge on any atom is 0.285 e. The Labute approximate surface area is 143 Å². The van der Waals surface area contributed by atoms with E-state index in [0.717, 1.165) is 13.2 Å². The summed E-state index contributed by atoms with van der Waals surface area (Å²) in [6.07, 6.45) is 2.83.